The SMILES string of the molecule is COCCN(CCC(N)=S)Cc1cc(C)nn1C. The number of nitrogens with zero attached hydrogens (tertiary/aromatic N) is 3. The van der Waals surface area contributed by atoms with Crippen molar-refractivity contribution in [1.82, 2.24) is 14.7 Å². The predicted molar refractivity (Wildman–Crippen MR) is 76.5 cm³/mol. The summed E-state index contributed by atoms with van der Waals surface area (Å²) in [5, 5.41) is 4.35. The molecular weight excluding hydrogens is 248 g/mol. The molecule has 2 N–H and O–H groups in total. The number of aromatic nitrogens is 2. The molecule has 0 unspecified atom stereocenters. The highest BCUT2D eigenvalue weighted by molar-refractivity contribution is 7.80. The van der Waals surface area contributed by atoms with Crippen molar-refractivity contribution in [1.29, 1.82) is 0 Å². The van der Waals surface area contributed by atoms with Crippen molar-refractivity contribution in [2.24, 2.45) is 12.8 Å². The highest BCUT2D eigenvalue weighted by Gasteiger charge is 2.10. The molecule has 1 aromatic rings. The van der Waals surface area contributed by atoms with Crippen molar-refractivity contribution >= 4 is 17.2 Å². The lowest BCUT2D eigenvalue weighted by molar-refractivity contribution is 0.144. The molecule has 0 aliphatic rings. The Labute approximate surface area is 114 Å². The van der Waals surface area contributed by atoms with Gasteiger partial charge in [0.05, 0.1) is 23.0 Å². The molecule has 6 heteroatoms. The van der Waals surface area contributed by atoms with Crippen LogP contribution in [0.4, 0.5) is 0 Å². The molecular formula is C12H22N4OS. The summed E-state index contributed by atoms with van der Waals surface area (Å²) >= 11 is 4.92. The normalized spacial score (nSPS) is 11.1. The van der Waals surface area contributed by atoms with E-state index in [4.69, 9.17) is 22.7 Å². The molecule has 1 heterocycles. The first kappa shape index (κ1) is 15.1. The van der Waals surface area contributed by atoms with E-state index >= 15 is 0 Å². The number of thiocarbonyl (C=S) groups is 1. The van der Waals surface area contributed by atoms with E-state index in [0.29, 0.717) is 11.6 Å². The fourth-order valence-electron chi connectivity index (χ4n) is 1.80. The van der Waals surface area contributed by atoms with Crippen LogP contribution >= 0.6 is 12.2 Å². The lowest BCUT2D eigenvalue weighted by Crippen LogP contribution is -2.31. The lowest BCUT2D eigenvalue weighted by Gasteiger charge is -2.21. The summed E-state index contributed by atoms with van der Waals surface area (Å²) in [6, 6.07) is 2.10. The number of hydrogen-bond donors (Lipinski definition) is 1. The molecule has 102 valence electrons. The number of nitrogens with two attached hydrogens (primary N) is 1. The van der Waals surface area contributed by atoms with Gasteiger partial charge in [-0.3, -0.25) is 9.58 Å². The molecule has 0 radical (unpaired) electrons. The van der Waals surface area contributed by atoms with Gasteiger partial charge in [0.15, 0.2) is 0 Å². The predicted octanol–water partition coefficient (Wildman–Crippen LogP) is 0.853. The third kappa shape index (κ3) is 5.12. The maximum atomic E-state index is 5.55. The Kier molecular flexibility index (Phi) is 6.24. The van der Waals surface area contributed by atoms with E-state index in [-0.39, 0.29) is 0 Å². The Morgan fingerprint density at radius 2 is 2.28 bits per heavy atom. The van der Waals surface area contributed by atoms with Crippen LogP contribution in [0.5, 0.6) is 0 Å². The summed E-state index contributed by atoms with van der Waals surface area (Å²) < 4.78 is 7.04. The number of hydrogen-bond acceptors (Lipinski definition) is 4. The van der Waals surface area contributed by atoms with Crippen molar-refractivity contribution in [3.05, 3.63) is 17.5 Å². The van der Waals surface area contributed by atoms with Gasteiger partial charge in [-0.2, -0.15) is 5.10 Å². The minimum atomic E-state index is 0.554. The summed E-state index contributed by atoms with van der Waals surface area (Å²) in [7, 11) is 3.67. The van der Waals surface area contributed by atoms with E-state index in [2.05, 4.69) is 16.1 Å². The molecule has 0 bridgehead atoms. The van der Waals surface area contributed by atoms with Crippen LogP contribution in [0.15, 0.2) is 6.07 Å². The fraction of sp³-hybridized carbons (Fsp3) is 0.667. The highest BCUT2D eigenvalue weighted by Crippen LogP contribution is 2.07. The zero-order valence-electron chi connectivity index (χ0n) is 11.3. The Hall–Kier alpha value is -0.980. The largest absolute Gasteiger partial charge is 0.393 e. The van der Waals surface area contributed by atoms with Gasteiger partial charge in [-0.25, -0.2) is 0 Å². The maximum absolute atomic E-state index is 5.55. The average Bonchev–Trinajstić information content (AvgIpc) is 2.61. The number of ether oxygens (including phenoxy) is 1. The van der Waals surface area contributed by atoms with Crippen LogP contribution in [0.2, 0.25) is 0 Å². The van der Waals surface area contributed by atoms with Gasteiger partial charge in [-0.05, 0) is 13.0 Å². The highest BCUT2D eigenvalue weighted by atomic mass is 32.1. The van der Waals surface area contributed by atoms with Crippen molar-refractivity contribution in [3.63, 3.8) is 0 Å². The standard InChI is InChI=1S/C12H22N4OS/c1-10-8-11(15(2)14-10)9-16(6-7-17-3)5-4-12(13)18/h8H,4-7,9H2,1-3H3,(H2,13,18). The van der Waals surface area contributed by atoms with Crippen LogP contribution in [-0.4, -0.2) is 46.5 Å². The van der Waals surface area contributed by atoms with E-state index in [1.54, 1.807) is 7.11 Å². The van der Waals surface area contributed by atoms with E-state index in [0.717, 1.165) is 31.7 Å². The molecule has 0 fully saturated rings. The molecule has 0 aliphatic carbocycles. The Balaban J connectivity index is 2.59. The van der Waals surface area contributed by atoms with Crippen molar-refractivity contribution < 1.29 is 4.74 Å². The second-order valence-electron chi connectivity index (χ2n) is 4.39. The Morgan fingerprint density at radius 1 is 1.56 bits per heavy atom. The monoisotopic (exact) mass is 270 g/mol. The molecule has 18 heavy (non-hydrogen) atoms. The maximum Gasteiger partial charge on any atom is 0.0740 e. The van der Waals surface area contributed by atoms with E-state index < -0.39 is 0 Å². The third-order valence-corrected chi connectivity index (χ3v) is 2.97. The molecule has 1 rings (SSSR count). The minimum absolute atomic E-state index is 0.554. The van der Waals surface area contributed by atoms with Gasteiger partial charge < -0.3 is 10.5 Å². The average molecular weight is 270 g/mol. The molecule has 0 atom stereocenters. The van der Waals surface area contributed by atoms with Crippen molar-refractivity contribution in [2.45, 2.75) is 19.9 Å². The minimum Gasteiger partial charge on any atom is -0.393 e. The quantitative estimate of drug-likeness (QED) is 0.710. The number of aryl methyl sites for hydroxylation is 2. The summed E-state index contributed by atoms with van der Waals surface area (Å²) in [6.07, 6.45) is 0.732. The molecule has 0 spiro atoms. The summed E-state index contributed by atoms with van der Waals surface area (Å²) in [6.45, 7) is 5.25. The second-order valence-corrected chi connectivity index (χ2v) is 4.91. The van der Waals surface area contributed by atoms with Crippen molar-refractivity contribution in [2.75, 3.05) is 26.8 Å². The molecule has 0 saturated heterocycles. The molecule has 0 aliphatic heterocycles. The van der Waals surface area contributed by atoms with Crippen molar-refractivity contribution in [3.8, 4) is 0 Å². The topological polar surface area (TPSA) is 56.3 Å². The number of methoxy groups -OCH3 is 1. The summed E-state index contributed by atoms with van der Waals surface area (Å²) in [5.74, 6) is 0. The first-order chi connectivity index (χ1) is 8.52. The van der Waals surface area contributed by atoms with E-state index in [9.17, 15) is 0 Å². The van der Waals surface area contributed by atoms with E-state index in [1.165, 1.54) is 5.69 Å². The van der Waals surface area contributed by atoms with Gasteiger partial charge in [0.2, 0.25) is 0 Å². The molecule has 1 aromatic heterocycles. The van der Waals surface area contributed by atoms with Gasteiger partial charge >= 0.3 is 0 Å². The van der Waals surface area contributed by atoms with Gasteiger partial charge in [-0.1, -0.05) is 12.2 Å². The zero-order valence-corrected chi connectivity index (χ0v) is 12.2. The lowest BCUT2D eigenvalue weighted by atomic mass is 10.3. The fourth-order valence-corrected chi connectivity index (χ4v) is 1.89. The first-order valence-electron chi connectivity index (χ1n) is 6.02. The van der Waals surface area contributed by atoms with Crippen LogP contribution in [0.3, 0.4) is 0 Å². The van der Waals surface area contributed by atoms with Gasteiger partial charge in [-0.15, -0.1) is 0 Å². The zero-order chi connectivity index (χ0) is 13.5. The van der Waals surface area contributed by atoms with Crippen LogP contribution in [0, 0.1) is 6.92 Å². The Bertz CT molecular complexity index is 391. The number of rotatable bonds is 8. The van der Waals surface area contributed by atoms with Crippen LogP contribution in [0.25, 0.3) is 0 Å². The molecule has 0 amide bonds. The second kappa shape index (κ2) is 7.45. The summed E-state index contributed by atoms with van der Waals surface area (Å²) in [5.41, 5.74) is 7.78. The van der Waals surface area contributed by atoms with Crippen LogP contribution in [0.1, 0.15) is 17.8 Å². The smallest absolute Gasteiger partial charge is 0.0740 e. The first-order valence-corrected chi connectivity index (χ1v) is 6.43. The van der Waals surface area contributed by atoms with Gasteiger partial charge in [0.25, 0.3) is 0 Å². The Morgan fingerprint density at radius 3 is 2.78 bits per heavy atom. The van der Waals surface area contributed by atoms with Crippen LogP contribution in [-0.2, 0) is 18.3 Å². The summed E-state index contributed by atoms with van der Waals surface area (Å²) in [4.78, 5) is 2.83. The van der Waals surface area contributed by atoms with E-state index in [1.807, 2.05) is 18.7 Å². The van der Waals surface area contributed by atoms with Crippen LogP contribution < -0.4 is 5.73 Å². The third-order valence-electron chi connectivity index (χ3n) is 2.77. The molecule has 5 nitrogen and oxygen atoms in total. The van der Waals surface area contributed by atoms with Gasteiger partial charge in [0, 0.05) is 40.2 Å². The van der Waals surface area contributed by atoms with Gasteiger partial charge in [0.1, 0.15) is 0 Å². The molecule has 0 saturated carbocycles. The molecule has 0 aromatic carbocycles.